The number of hydrogen-bond acceptors (Lipinski definition) is 2. The Hall–Kier alpha value is -0.520. The fourth-order valence-electron chi connectivity index (χ4n) is 1.43. The van der Waals surface area contributed by atoms with E-state index in [2.05, 4.69) is 12.8 Å². The molecule has 2 nitrogen and oxygen atoms in total. The minimum atomic E-state index is 0.0153. The van der Waals surface area contributed by atoms with Gasteiger partial charge in [-0.05, 0) is 32.6 Å². The maximum atomic E-state index is 5.68. The van der Waals surface area contributed by atoms with Crippen LogP contribution in [0.1, 0.15) is 39.0 Å². The number of terminal acetylenes is 1. The summed E-state index contributed by atoms with van der Waals surface area (Å²) in [6, 6.07) is 0. The second kappa shape index (κ2) is 6.01. The average molecular weight is 182 g/mol. The summed E-state index contributed by atoms with van der Waals surface area (Å²) in [4.78, 5) is 0. The summed E-state index contributed by atoms with van der Waals surface area (Å²) in [5.41, 5.74) is 0. The van der Waals surface area contributed by atoms with Crippen molar-refractivity contribution in [1.29, 1.82) is 0 Å². The molecule has 1 aliphatic heterocycles. The highest BCUT2D eigenvalue weighted by atomic mass is 16.7. The van der Waals surface area contributed by atoms with Crippen LogP contribution in [0.4, 0.5) is 0 Å². The van der Waals surface area contributed by atoms with Crippen LogP contribution in [0.2, 0.25) is 0 Å². The van der Waals surface area contributed by atoms with Crippen molar-refractivity contribution in [2.45, 2.75) is 51.4 Å². The van der Waals surface area contributed by atoms with Gasteiger partial charge in [0.1, 0.15) is 0 Å². The predicted molar refractivity (Wildman–Crippen MR) is 52.2 cm³/mol. The molecule has 0 amide bonds. The Morgan fingerprint density at radius 1 is 1.62 bits per heavy atom. The van der Waals surface area contributed by atoms with Crippen LogP contribution in [-0.4, -0.2) is 19.0 Å². The molecule has 1 aliphatic rings. The van der Waals surface area contributed by atoms with E-state index in [1.165, 1.54) is 12.8 Å². The van der Waals surface area contributed by atoms with Gasteiger partial charge in [-0.2, -0.15) is 0 Å². The standard InChI is InChI=1S/C11H18O2/c1-3-4-7-10(2)13-11-8-5-6-9-12-11/h1,10-11H,4-9H2,2H3. The van der Waals surface area contributed by atoms with E-state index in [1.807, 2.05) is 0 Å². The minimum Gasteiger partial charge on any atom is -0.353 e. The van der Waals surface area contributed by atoms with Crippen molar-refractivity contribution >= 4 is 0 Å². The van der Waals surface area contributed by atoms with Gasteiger partial charge in [-0.3, -0.25) is 0 Å². The van der Waals surface area contributed by atoms with Crippen LogP contribution in [0.5, 0.6) is 0 Å². The van der Waals surface area contributed by atoms with Gasteiger partial charge in [0.05, 0.1) is 6.10 Å². The van der Waals surface area contributed by atoms with Crippen LogP contribution < -0.4 is 0 Å². The molecule has 74 valence electrons. The lowest BCUT2D eigenvalue weighted by Crippen LogP contribution is -2.26. The van der Waals surface area contributed by atoms with Crippen LogP contribution in [0, 0.1) is 12.3 Å². The highest BCUT2D eigenvalue weighted by Gasteiger charge is 2.16. The monoisotopic (exact) mass is 182 g/mol. The van der Waals surface area contributed by atoms with Gasteiger partial charge < -0.3 is 9.47 Å². The van der Waals surface area contributed by atoms with Gasteiger partial charge >= 0.3 is 0 Å². The summed E-state index contributed by atoms with van der Waals surface area (Å²) in [7, 11) is 0. The first-order valence-electron chi connectivity index (χ1n) is 5.03. The molecule has 0 aromatic heterocycles. The van der Waals surface area contributed by atoms with Crippen LogP contribution in [0.15, 0.2) is 0 Å². The van der Waals surface area contributed by atoms with E-state index in [0.717, 1.165) is 25.9 Å². The first-order valence-corrected chi connectivity index (χ1v) is 5.03. The smallest absolute Gasteiger partial charge is 0.157 e. The SMILES string of the molecule is C#CCCC(C)OC1CCCCO1. The van der Waals surface area contributed by atoms with Gasteiger partial charge in [0.25, 0.3) is 0 Å². The highest BCUT2D eigenvalue weighted by Crippen LogP contribution is 2.16. The van der Waals surface area contributed by atoms with Crippen molar-refractivity contribution in [2.75, 3.05) is 6.61 Å². The molecule has 0 aromatic carbocycles. The molecular formula is C11H18O2. The molecule has 1 rings (SSSR count). The van der Waals surface area contributed by atoms with Crippen molar-refractivity contribution in [3.8, 4) is 12.3 Å². The van der Waals surface area contributed by atoms with E-state index in [0.29, 0.717) is 0 Å². The highest BCUT2D eigenvalue weighted by molar-refractivity contribution is 4.83. The summed E-state index contributed by atoms with van der Waals surface area (Å²) >= 11 is 0. The Bertz CT molecular complexity index is 165. The third-order valence-corrected chi connectivity index (χ3v) is 2.22. The lowest BCUT2D eigenvalue weighted by Gasteiger charge is -2.25. The van der Waals surface area contributed by atoms with Crippen molar-refractivity contribution in [3.63, 3.8) is 0 Å². The van der Waals surface area contributed by atoms with Gasteiger partial charge in [0.2, 0.25) is 0 Å². The molecule has 2 heteroatoms. The summed E-state index contributed by atoms with van der Waals surface area (Å²) < 4.78 is 11.1. The van der Waals surface area contributed by atoms with Crippen molar-refractivity contribution in [1.82, 2.24) is 0 Å². The Kier molecular flexibility index (Phi) is 4.88. The summed E-state index contributed by atoms with van der Waals surface area (Å²) in [6.07, 6.45) is 10.5. The van der Waals surface area contributed by atoms with Crippen LogP contribution in [0.3, 0.4) is 0 Å². The van der Waals surface area contributed by atoms with E-state index in [4.69, 9.17) is 15.9 Å². The molecular weight excluding hydrogens is 164 g/mol. The third-order valence-electron chi connectivity index (χ3n) is 2.22. The molecule has 0 aliphatic carbocycles. The molecule has 1 fully saturated rings. The summed E-state index contributed by atoms with van der Waals surface area (Å²) in [5.74, 6) is 2.62. The minimum absolute atomic E-state index is 0.0153. The van der Waals surface area contributed by atoms with Crippen LogP contribution >= 0.6 is 0 Å². The van der Waals surface area contributed by atoms with E-state index >= 15 is 0 Å². The molecule has 0 bridgehead atoms. The fraction of sp³-hybridized carbons (Fsp3) is 0.818. The molecule has 0 radical (unpaired) electrons. The first kappa shape index (κ1) is 10.6. The van der Waals surface area contributed by atoms with Gasteiger partial charge in [-0.25, -0.2) is 0 Å². The normalized spacial score (nSPS) is 25.1. The Morgan fingerprint density at radius 3 is 3.08 bits per heavy atom. The molecule has 0 saturated carbocycles. The van der Waals surface area contributed by atoms with Gasteiger partial charge in [0.15, 0.2) is 6.29 Å². The van der Waals surface area contributed by atoms with Crippen molar-refractivity contribution < 1.29 is 9.47 Å². The number of ether oxygens (including phenoxy) is 2. The van der Waals surface area contributed by atoms with Gasteiger partial charge in [-0.1, -0.05) is 0 Å². The molecule has 13 heavy (non-hydrogen) atoms. The zero-order valence-electron chi connectivity index (χ0n) is 8.29. The van der Waals surface area contributed by atoms with Crippen molar-refractivity contribution in [3.05, 3.63) is 0 Å². The average Bonchev–Trinajstić information content (AvgIpc) is 2.16. The molecule has 0 spiro atoms. The van der Waals surface area contributed by atoms with Crippen molar-refractivity contribution in [2.24, 2.45) is 0 Å². The van der Waals surface area contributed by atoms with E-state index in [9.17, 15) is 0 Å². The zero-order valence-corrected chi connectivity index (χ0v) is 8.29. The molecule has 0 N–H and O–H groups in total. The molecule has 0 aromatic rings. The largest absolute Gasteiger partial charge is 0.353 e. The lowest BCUT2D eigenvalue weighted by atomic mass is 10.2. The maximum Gasteiger partial charge on any atom is 0.157 e. The fourth-order valence-corrected chi connectivity index (χ4v) is 1.43. The molecule has 1 saturated heterocycles. The van der Waals surface area contributed by atoms with Gasteiger partial charge in [0, 0.05) is 13.0 Å². The predicted octanol–water partition coefficient (Wildman–Crippen LogP) is 2.33. The van der Waals surface area contributed by atoms with Gasteiger partial charge in [-0.15, -0.1) is 12.3 Å². The topological polar surface area (TPSA) is 18.5 Å². The Morgan fingerprint density at radius 2 is 2.46 bits per heavy atom. The second-order valence-corrected chi connectivity index (χ2v) is 3.49. The van der Waals surface area contributed by atoms with E-state index in [-0.39, 0.29) is 12.4 Å². The number of hydrogen-bond donors (Lipinski definition) is 0. The summed E-state index contributed by atoms with van der Waals surface area (Å²) in [5, 5.41) is 0. The summed E-state index contributed by atoms with van der Waals surface area (Å²) in [6.45, 7) is 2.89. The second-order valence-electron chi connectivity index (χ2n) is 3.49. The molecule has 2 unspecified atom stereocenters. The van der Waals surface area contributed by atoms with Crippen LogP contribution in [0.25, 0.3) is 0 Å². The molecule has 2 atom stereocenters. The quantitative estimate of drug-likeness (QED) is 0.621. The molecule has 1 heterocycles. The van der Waals surface area contributed by atoms with Crippen LogP contribution in [-0.2, 0) is 9.47 Å². The Labute approximate surface area is 80.6 Å². The first-order chi connectivity index (χ1) is 6.33. The Balaban J connectivity index is 2.11. The lowest BCUT2D eigenvalue weighted by molar-refractivity contribution is -0.185. The number of rotatable bonds is 4. The maximum absolute atomic E-state index is 5.68. The van der Waals surface area contributed by atoms with E-state index in [1.54, 1.807) is 0 Å². The van der Waals surface area contributed by atoms with E-state index < -0.39 is 0 Å². The third kappa shape index (κ3) is 4.31. The zero-order chi connectivity index (χ0) is 9.52.